The summed E-state index contributed by atoms with van der Waals surface area (Å²) < 4.78 is 1.06. The second kappa shape index (κ2) is 5.67. The van der Waals surface area contributed by atoms with E-state index in [0.717, 1.165) is 9.26 Å². The summed E-state index contributed by atoms with van der Waals surface area (Å²) in [6, 6.07) is 10.6. The Balaban J connectivity index is 2.22. The van der Waals surface area contributed by atoms with E-state index >= 15 is 0 Å². The lowest BCUT2D eigenvalue weighted by atomic mass is 10.2. The van der Waals surface area contributed by atoms with Crippen molar-refractivity contribution in [1.82, 2.24) is 4.98 Å². The molecule has 0 unspecified atom stereocenters. The number of carbonyl (C=O) groups is 1. The van der Waals surface area contributed by atoms with Gasteiger partial charge in [0.25, 0.3) is 5.91 Å². The molecule has 0 saturated carbocycles. The third kappa shape index (κ3) is 3.00. The van der Waals surface area contributed by atoms with Gasteiger partial charge in [-0.05, 0) is 53.8 Å². The van der Waals surface area contributed by atoms with Crippen molar-refractivity contribution in [3.63, 3.8) is 0 Å². The molecule has 1 heterocycles. The maximum atomic E-state index is 12.0. The normalized spacial score (nSPS) is 10.2. The number of nitrogens with one attached hydrogen (secondary N) is 1. The Bertz CT molecular complexity index is 601. The van der Waals surface area contributed by atoms with Crippen LogP contribution in [0.3, 0.4) is 0 Å². The fraction of sp³-hybridized carbons (Fsp3) is 0.0769. The van der Waals surface area contributed by atoms with Crippen molar-refractivity contribution in [2.75, 3.05) is 5.32 Å². The molecular weight excluding hydrogens is 363 g/mol. The van der Waals surface area contributed by atoms with Crippen molar-refractivity contribution in [3.8, 4) is 0 Å². The Morgan fingerprint density at radius 2 is 2.00 bits per heavy atom. The van der Waals surface area contributed by atoms with Gasteiger partial charge in [-0.25, -0.2) is 4.98 Å². The number of amides is 1. The lowest BCUT2D eigenvalue weighted by Gasteiger charge is -2.07. The largest absolute Gasteiger partial charge is 0.307 e. The number of anilines is 1. The first-order chi connectivity index (χ1) is 8.58. The van der Waals surface area contributed by atoms with Crippen molar-refractivity contribution < 1.29 is 4.79 Å². The van der Waals surface area contributed by atoms with Gasteiger partial charge in [0, 0.05) is 3.57 Å². The highest BCUT2D eigenvalue weighted by Crippen LogP contribution is 2.17. The molecule has 18 heavy (non-hydrogen) atoms. The molecule has 2 rings (SSSR count). The van der Waals surface area contributed by atoms with Crippen LogP contribution in [0.25, 0.3) is 0 Å². The van der Waals surface area contributed by atoms with Gasteiger partial charge in [-0.3, -0.25) is 4.79 Å². The van der Waals surface area contributed by atoms with E-state index in [1.807, 2.05) is 13.0 Å². The number of nitrogens with zero attached hydrogens (tertiary/aromatic N) is 1. The van der Waals surface area contributed by atoms with E-state index in [1.54, 1.807) is 30.3 Å². The number of aryl methyl sites for hydroxylation is 1. The van der Waals surface area contributed by atoms with Gasteiger partial charge in [0.15, 0.2) is 0 Å². The Morgan fingerprint density at radius 1 is 1.28 bits per heavy atom. The second-order valence-electron chi connectivity index (χ2n) is 3.70. The van der Waals surface area contributed by atoms with Crippen LogP contribution in [0.2, 0.25) is 5.02 Å². The fourth-order valence-electron chi connectivity index (χ4n) is 1.44. The van der Waals surface area contributed by atoms with Crippen molar-refractivity contribution in [2.45, 2.75) is 6.92 Å². The molecule has 1 aromatic heterocycles. The zero-order chi connectivity index (χ0) is 13.1. The highest BCUT2D eigenvalue weighted by atomic mass is 127. The summed E-state index contributed by atoms with van der Waals surface area (Å²) in [5.74, 6) is 0.270. The molecule has 0 atom stereocenters. The van der Waals surface area contributed by atoms with Crippen molar-refractivity contribution in [3.05, 3.63) is 56.2 Å². The first-order valence-electron chi connectivity index (χ1n) is 5.27. The van der Waals surface area contributed by atoms with Crippen LogP contribution >= 0.6 is 34.2 Å². The van der Waals surface area contributed by atoms with E-state index in [9.17, 15) is 4.79 Å². The number of hydrogen-bond donors (Lipinski definition) is 1. The third-order valence-electron chi connectivity index (χ3n) is 2.38. The quantitative estimate of drug-likeness (QED) is 0.813. The highest BCUT2D eigenvalue weighted by Gasteiger charge is 2.10. The van der Waals surface area contributed by atoms with Crippen LogP contribution in [0, 0.1) is 10.5 Å². The van der Waals surface area contributed by atoms with Gasteiger partial charge in [0.2, 0.25) is 0 Å². The van der Waals surface area contributed by atoms with E-state index in [0.29, 0.717) is 16.4 Å². The highest BCUT2D eigenvalue weighted by molar-refractivity contribution is 14.1. The molecule has 1 N–H and O–H groups in total. The Morgan fingerprint density at radius 3 is 2.67 bits per heavy atom. The predicted octanol–water partition coefficient (Wildman–Crippen LogP) is 3.90. The Labute approximate surface area is 124 Å². The standard InChI is InChI=1S/C13H10ClIN2O/c1-8-11(15)6-7-12(16-8)17-13(18)9-4-2-3-5-10(9)14/h2-7H,1H3,(H,16,17,18). The minimum atomic E-state index is -0.256. The minimum absolute atomic E-state index is 0.256. The average molecular weight is 373 g/mol. The molecule has 3 nitrogen and oxygen atoms in total. The number of benzene rings is 1. The SMILES string of the molecule is Cc1nc(NC(=O)c2ccccc2Cl)ccc1I. The third-order valence-corrected chi connectivity index (χ3v) is 3.85. The molecule has 0 radical (unpaired) electrons. The maximum absolute atomic E-state index is 12.0. The molecule has 0 aliphatic carbocycles. The van der Waals surface area contributed by atoms with Crippen LogP contribution in [-0.2, 0) is 0 Å². The van der Waals surface area contributed by atoms with E-state index in [4.69, 9.17) is 11.6 Å². The zero-order valence-electron chi connectivity index (χ0n) is 9.58. The van der Waals surface area contributed by atoms with Gasteiger partial charge in [-0.15, -0.1) is 0 Å². The Hall–Kier alpha value is -1.14. The van der Waals surface area contributed by atoms with Gasteiger partial charge in [0.05, 0.1) is 16.3 Å². The van der Waals surface area contributed by atoms with Crippen LogP contribution in [0.4, 0.5) is 5.82 Å². The predicted molar refractivity (Wildman–Crippen MR) is 81.1 cm³/mol. The van der Waals surface area contributed by atoms with Gasteiger partial charge in [-0.2, -0.15) is 0 Å². The monoisotopic (exact) mass is 372 g/mol. The van der Waals surface area contributed by atoms with Gasteiger partial charge >= 0.3 is 0 Å². The second-order valence-corrected chi connectivity index (χ2v) is 5.27. The van der Waals surface area contributed by atoms with E-state index in [2.05, 4.69) is 32.9 Å². The molecular formula is C13H10ClIN2O. The van der Waals surface area contributed by atoms with E-state index in [-0.39, 0.29) is 5.91 Å². The maximum Gasteiger partial charge on any atom is 0.258 e. The number of rotatable bonds is 2. The average Bonchev–Trinajstić information content (AvgIpc) is 2.34. The number of pyridine rings is 1. The molecule has 0 spiro atoms. The van der Waals surface area contributed by atoms with Gasteiger partial charge in [0.1, 0.15) is 5.82 Å². The molecule has 0 bridgehead atoms. The van der Waals surface area contributed by atoms with Crippen LogP contribution < -0.4 is 5.32 Å². The van der Waals surface area contributed by atoms with Crippen LogP contribution in [-0.4, -0.2) is 10.9 Å². The van der Waals surface area contributed by atoms with Crippen LogP contribution in [0.1, 0.15) is 16.1 Å². The first-order valence-corrected chi connectivity index (χ1v) is 6.72. The smallest absolute Gasteiger partial charge is 0.258 e. The van der Waals surface area contributed by atoms with E-state index < -0.39 is 0 Å². The lowest BCUT2D eigenvalue weighted by Crippen LogP contribution is -2.13. The minimum Gasteiger partial charge on any atom is -0.307 e. The fourth-order valence-corrected chi connectivity index (χ4v) is 1.96. The summed E-state index contributed by atoms with van der Waals surface area (Å²) >= 11 is 8.15. The number of carbonyl (C=O) groups excluding carboxylic acids is 1. The van der Waals surface area contributed by atoms with Crippen molar-refractivity contribution in [1.29, 1.82) is 0 Å². The first kappa shape index (κ1) is 13.3. The zero-order valence-corrected chi connectivity index (χ0v) is 12.5. The molecule has 0 aliphatic heterocycles. The Kier molecular flexibility index (Phi) is 4.19. The van der Waals surface area contributed by atoms with Crippen LogP contribution in [0.5, 0.6) is 0 Å². The van der Waals surface area contributed by atoms with Crippen molar-refractivity contribution in [2.24, 2.45) is 0 Å². The van der Waals surface area contributed by atoms with Crippen molar-refractivity contribution >= 4 is 45.9 Å². The topological polar surface area (TPSA) is 42.0 Å². The van der Waals surface area contributed by atoms with Gasteiger partial charge in [-0.1, -0.05) is 23.7 Å². The lowest BCUT2D eigenvalue weighted by molar-refractivity contribution is 0.102. The van der Waals surface area contributed by atoms with E-state index in [1.165, 1.54) is 0 Å². The number of aromatic nitrogens is 1. The molecule has 0 saturated heterocycles. The molecule has 1 amide bonds. The van der Waals surface area contributed by atoms with Crippen LogP contribution in [0.15, 0.2) is 36.4 Å². The summed E-state index contributed by atoms with van der Waals surface area (Å²) in [6.07, 6.45) is 0. The molecule has 92 valence electrons. The molecule has 5 heteroatoms. The van der Waals surface area contributed by atoms with Gasteiger partial charge < -0.3 is 5.32 Å². The number of halogens is 2. The molecule has 1 aromatic carbocycles. The molecule has 0 fully saturated rings. The number of hydrogen-bond acceptors (Lipinski definition) is 2. The summed E-state index contributed by atoms with van der Waals surface area (Å²) in [7, 11) is 0. The summed E-state index contributed by atoms with van der Waals surface area (Å²) in [4.78, 5) is 16.3. The molecule has 2 aromatic rings. The summed E-state index contributed by atoms with van der Waals surface area (Å²) in [5.41, 5.74) is 1.32. The summed E-state index contributed by atoms with van der Waals surface area (Å²) in [6.45, 7) is 1.90. The molecule has 0 aliphatic rings. The summed E-state index contributed by atoms with van der Waals surface area (Å²) in [5, 5.41) is 3.16.